The van der Waals surface area contributed by atoms with Crippen LogP contribution < -0.4 is 24.4 Å². The fraction of sp³-hybridized carbons (Fsp3) is 0.267. The molecule has 1 saturated heterocycles. The van der Waals surface area contributed by atoms with Gasteiger partial charge >= 0.3 is 12.0 Å². The molecule has 1 heterocycles. The molecule has 0 unspecified atom stereocenters. The molecule has 0 aromatic heterocycles. The van der Waals surface area contributed by atoms with E-state index in [4.69, 9.17) is 18.9 Å². The predicted molar refractivity (Wildman–Crippen MR) is 150 cm³/mol. The lowest BCUT2D eigenvalue weighted by Gasteiger charge is -2.22. The van der Waals surface area contributed by atoms with Gasteiger partial charge in [-0.05, 0) is 73.2 Å². The maximum atomic E-state index is 13.6. The third-order valence-corrected chi connectivity index (χ3v) is 6.51. The van der Waals surface area contributed by atoms with Gasteiger partial charge in [-0.3, -0.25) is 9.59 Å². The highest BCUT2D eigenvalue weighted by Crippen LogP contribution is 2.32. The van der Waals surface area contributed by atoms with Gasteiger partial charge in [0.15, 0.2) is 11.5 Å². The molecule has 1 aliphatic heterocycles. The van der Waals surface area contributed by atoms with Crippen LogP contribution >= 0.6 is 0 Å². The fourth-order valence-electron chi connectivity index (χ4n) is 4.45. The zero-order chi connectivity index (χ0) is 29.5. The molecule has 11 nitrogen and oxygen atoms in total. The number of hydrogen-bond donors (Lipinski definition) is 1. The van der Waals surface area contributed by atoms with Gasteiger partial charge in [0.2, 0.25) is 5.91 Å². The molecule has 1 aliphatic rings. The van der Waals surface area contributed by atoms with E-state index >= 15 is 0 Å². The lowest BCUT2D eigenvalue weighted by Crippen LogP contribution is -2.37. The summed E-state index contributed by atoms with van der Waals surface area (Å²) >= 11 is 0. The highest BCUT2D eigenvalue weighted by Gasteiger charge is 2.46. The molecule has 4 rings (SSSR count). The van der Waals surface area contributed by atoms with Crippen molar-refractivity contribution in [1.29, 1.82) is 0 Å². The number of benzene rings is 3. The summed E-state index contributed by atoms with van der Waals surface area (Å²) in [6.45, 7) is 2.01. The third kappa shape index (κ3) is 6.40. The third-order valence-electron chi connectivity index (χ3n) is 6.51. The molecule has 4 amide bonds. The van der Waals surface area contributed by atoms with Crippen LogP contribution in [0, 0.1) is 0 Å². The van der Waals surface area contributed by atoms with Crippen molar-refractivity contribution in [2.45, 2.75) is 25.9 Å². The first kappa shape index (κ1) is 28.9. The zero-order valence-corrected chi connectivity index (χ0v) is 23.2. The van der Waals surface area contributed by atoms with Gasteiger partial charge < -0.3 is 29.2 Å². The summed E-state index contributed by atoms with van der Waals surface area (Å²) in [5.41, 5.74) is 1.81. The standard InChI is InChI=1S/C30H31N3O8/c1-5-41-29(36)20-7-9-21(10-8-20)31-27(34)17-24-28(35)33(22-11-13-23(38-2)14-12-22)30(37)32(24)18-19-6-15-25(39-3)26(16-19)40-4/h6-16,24H,5,17-18H2,1-4H3,(H,31,34)/t24-/m0/s1. The van der Waals surface area contributed by atoms with Gasteiger partial charge in [-0.2, -0.15) is 0 Å². The second-order valence-electron chi connectivity index (χ2n) is 9.04. The Balaban J connectivity index is 1.58. The Morgan fingerprint density at radius 1 is 0.854 bits per heavy atom. The van der Waals surface area contributed by atoms with Crippen molar-refractivity contribution >= 4 is 35.2 Å². The summed E-state index contributed by atoms with van der Waals surface area (Å²) in [5.74, 6) is 0.0764. The van der Waals surface area contributed by atoms with Gasteiger partial charge in [0.05, 0.1) is 45.6 Å². The number of urea groups is 1. The van der Waals surface area contributed by atoms with Crippen LogP contribution in [-0.4, -0.2) is 62.7 Å². The smallest absolute Gasteiger partial charge is 0.338 e. The molecular formula is C30H31N3O8. The van der Waals surface area contributed by atoms with E-state index in [-0.39, 0.29) is 19.6 Å². The Morgan fingerprint density at radius 3 is 2.15 bits per heavy atom. The number of ether oxygens (including phenoxy) is 4. The molecule has 3 aromatic rings. The van der Waals surface area contributed by atoms with E-state index < -0.39 is 29.9 Å². The highest BCUT2D eigenvalue weighted by molar-refractivity contribution is 6.22. The van der Waals surface area contributed by atoms with Gasteiger partial charge in [0, 0.05) is 12.2 Å². The molecule has 0 aliphatic carbocycles. The number of nitrogens with zero attached hydrogens (tertiary/aromatic N) is 2. The number of rotatable bonds is 11. The normalized spacial score (nSPS) is 14.6. The van der Waals surface area contributed by atoms with Crippen molar-refractivity contribution < 1.29 is 38.1 Å². The summed E-state index contributed by atoms with van der Waals surface area (Å²) in [6, 6.07) is 16.3. The number of hydrogen-bond acceptors (Lipinski definition) is 8. The lowest BCUT2D eigenvalue weighted by atomic mass is 10.1. The number of amides is 4. The van der Waals surface area contributed by atoms with Crippen molar-refractivity contribution in [3.8, 4) is 17.2 Å². The largest absolute Gasteiger partial charge is 0.497 e. The first-order chi connectivity index (χ1) is 19.8. The van der Waals surface area contributed by atoms with Crippen LogP contribution in [0.5, 0.6) is 17.2 Å². The molecule has 41 heavy (non-hydrogen) atoms. The first-order valence-corrected chi connectivity index (χ1v) is 12.9. The maximum Gasteiger partial charge on any atom is 0.338 e. The van der Waals surface area contributed by atoms with Crippen molar-refractivity contribution in [2.24, 2.45) is 0 Å². The molecule has 1 atom stereocenters. The molecule has 1 fully saturated rings. The van der Waals surface area contributed by atoms with E-state index in [0.717, 1.165) is 4.90 Å². The number of carbonyl (C=O) groups is 4. The van der Waals surface area contributed by atoms with E-state index in [2.05, 4.69) is 5.32 Å². The maximum absolute atomic E-state index is 13.6. The fourth-order valence-corrected chi connectivity index (χ4v) is 4.45. The van der Waals surface area contributed by atoms with E-state index in [0.29, 0.717) is 39.8 Å². The van der Waals surface area contributed by atoms with Gasteiger partial charge in [-0.1, -0.05) is 6.07 Å². The molecule has 0 spiro atoms. The summed E-state index contributed by atoms with van der Waals surface area (Å²) in [4.78, 5) is 54.7. The predicted octanol–water partition coefficient (Wildman–Crippen LogP) is 4.26. The number of carbonyl (C=O) groups excluding carboxylic acids is 4. The van der Waals surface area contributed by atoms with Gasteiger partial charge in [-0.15, -0.1) is 0 Å². The quantitative estimate of drug-likeness (QED) is 0.272. The first-order valence-electron chi connectivity index (χ1n) is 12.9. The minimum absolute atomic E-state index is 0.0454. The van der Waals surface area contributed by atoms with E-state index in [1.807, 2.05) is 0 Å². The molecule has 3 aromatic carbocycles. The molecule has 0 radical (unpaired) electrons. The second kappa shape index (κ2) is 12.9. The zero-order valence-electron chi connectivity index (χ0n) is 23.2. The second-order valence-corrected chi connectivity index (χ2v) is 9.04. The Bertz CT molecular complexity index is 1420. The van der Waals surface area contributed by atoms with Crippen LogP contribution in [0.3, 0.4) is 0 Å². The van der Waals surface area contributed by atoms with Crippen LogP contribution in [0.15, 0.2) is 66.7 Å². The summed E-state index contributed by atoms with van der Waals surface area (Å²) in [5, 5.41) is 2.74. The monoisotopic (exact) mass is 561 g/mol. The van der Waals surface area contributed by atoms with Gasteiger partial charge in [0.25, 0.3) is 5.91 Å². The van der Waals surface area contributed by atoms with Crippen molar-refractivity contribution in [3.63, 3.8) is 0 Å². The van der Waals surface area contributed by atoms with Gasteiger partial charge in [-0.25, -0.2) is 14.5 Å². The van der Waals surface area contributed by atoms with Crippen LogP contribution in [0.1, 0.15) is 29.3 Å². The summed E-state index contributed by atoms with van der Waals surface area (Å²) in [6.07, 6.45) is -0.288. The number of anilines is 2. The van der Waals surface area contributed by atoms with Crippen LogP contribution in [0.2, 0.25) is 0 Å². The average Bonchev–Trinajstić information content (AvgIpc) is 3.21. The number of imide groups is 1. The molecule has 11 heteroatoms. The topological polar surface area (TPSA) is 124 Å². The van der Waals surface area contributed by atoms with Crippen molar-refractivity contribution in [1.82, 2.24) is 4.90 Å². The van der Waals surface area contributed by atoms with Crippen LogP contribution in [0.25, 0.3) is 0 Å². The molecule has 0 bridgehead atoms. The Labute approximate surface area is 237 Å². The van der Waals surface area contributed by atoms with Crippen LogP contribution in [0.4, 0.5) is 16.2 Å². The van der Waals surface area contributed by atoms with Crippen molar-refractivity contribution in [3.05, 3.63) is 77.9 Å². The Morgan fingerprint density at radius 2 is 1.54 bits per heavy atom. The summed E-state index contributed by atoms with van der Waals surface area (Å²) < 4.78 is 20.9. The van der Waals surface area contributed by atoms with Crippen molar-refractivity contribution in [2.75, 3.05) is 38.2 Å². The van der Waals surface area contributed by atoms with Gasteiger partial charge in [0.1, 0.15) is 11.8 Å². The number of nitrogens with one attached hydrogen (secondary N) is 1. The molecule has 0 saturated carbocycles. The Hall–Kier alpha value is -5.06. The SMILES string of the molecule is CCOC(=O)c1ccc(NC(=O)C[C@H]2C(=O)N(c3ccc(OC)cc3)C(=O)N2Cc2ccc(OC)c(OC)c2)cc1. The van der Waals surface area contributed by atoms with E-state index in [9.17, 15) is 19.2 Å². The minimum atomic E-state index is -1.07. The Kier molecular flexibility index (Phi) is 9.08. The van der Waals surface area contributed by atoms with E-state index in [1.165, 1.54) is 38.4 Å². The molecule has 1 N–H and O–H groups in total. The van der Waals surface area contributed by atoms with E-state index in [1.54, 1.807) is 61.5 Å². The lowest BCUT2D eigenvalue weighted by molar-refractivity contribution is -0.124. The number of methoxy groups -OCH3 is 3. The van der Waals surface area contributed by atoms with Crippen LogP contribution in [-0.2, 0) is 20.9 Å². The molecular weight excluding hydrogens is 530 g/mol. The highest BCUT2D eigenvalue weighted by atomic mass is 16.5. The minimum Gasteiger partial charge on any atom is -0.497 e. The number of esters is 1. The summed E-state index contributed by atoms with van der Waals surface area (Å²) in [7, 11) is 4.54. The molecule has 214 valence electrons. The average molecular weight is 562 g/mol.